The Morgan fingerprint density at radius 3 is 2.20 bits per heavy atom. The summed E-state index contributed by atoms with van der Waals surface area (Å²) in [5.41, 5.74) is 5.76. The number of anilines is 1. The van der Waals surface area contributed by atoms with Gasteiger partial charge in [-0.25, -0.2) is 0 Å². The summed E-state index contributed by atoms with van der Waals surface area (Å²) in [5.74, 6) is 0.177. The Balaban J connectivity index is 1.78. The van der Waals surface area contributed by atoms with Crippen molar-refractivity contribution >= 4 is 28.6 Å². The Kier molecular flexibility index (Phi) is 4.98. The van der Waals surface area contributed by atoms with E-state index in [0.29, 0.717) is 5.02 Å². The molecule has 1 aliphatic heterocycles. The lowest BCUT2D eigenvalue weighted by Crippen LogP contribution is -2.52. The van der Waals surface area contributed by atoms with Crippen molar-refractivity contribution in [2.75, 3.05) is 4.90 Å². The van der Waals surface area contributed by atoms with Gasteiger partial charge < -0.3 is 4.90 Å². The van der Waals surface area contributed by atoms with E-state index in [4.69, 9.17) is 11.6 Å². The zero-order valence-corrected chi connectivity index (χ0v) is 20.6. The highest BCUT2D eigenvalue weighted by molar-refractivity contribution is 6.30. The number of ketones is 1. The van der Waals surface area contributed by atoms with Gasteiger partial charge in [0, 0.05) is 22.8 Å². The first-order valence-corrected chi connectivity index (χ1v) is 12.4. The number of halogens is 1. The molecule has 0 radical (unpaired) electrons. The van der Waals surface area contributed by atoms with E-state index in [0.717, 1.165) is 45.7 Å². The van der Waals surface area contributed by atoms with Crippen molar-refractivity contribution in [1.82, 2.24) is 0 Å². The highest BCUT2D eigenvalue weighted by Crippen LogP contribution is 2.69. The van der Waals surface area contributed by atoms with Crippen LogP contribution < -0.4 is 4.90 Å². The number of carbonyl (C=O) groups excluding carboxylic acids is 1. The molecule has 0 amide bonds. The molecule has 3 aliphatic rings. The van der Waals surface area contributed by atoms with Gasteiger partial charge in [-0.1, -0.05) is 96.6 Å². The van der Waals surface area contributed by atoms with Gasteiger partial charge in [-0.15, -0.1) is 0 Å². The van der Waals surface area contributed by atoms with Crippen LogP contribution in [0.2, 0.25) is 5.02 Å². The molecule has 3 heteroatoms. The van der Waals surface area contributed by atoms with Crippen LogP contribution in [-0.2, 0) is 10.3 Å². The van der Waals surface area contributed by atoms with Crippen LogP contribution in [0, 0.1) is 5.41 Å². The lowest BCUT2D eigenvalue weighted by Gasteiger charge is -2.48. The van der Waals surface area contributed by atoms with Gasteiger partial charge in [-0.05, 0) is 66.0 Å². The summed E-state index contributed by atoms with van der Waals surface area (Å²) in [6.45, 7) is 4.14. The van der Waals surface area contributed by atoms with Gasteiger partial charge in [0.25, 0.3) is 0 Å². The fraction of sp³-hybridized carbons (Fsp3) is 0.156. The molecule has 0 spiro atoms. The van der Waals surface area contributed by atoms with E-state index in [9.17, 15) is 4.79 Å². The van der Waals surface area contributed by atoms with Gasteiger partial charge in [0.05, 0.1) is 5.41 Å². The Morgan fingerprint density at radius 1 is 0.857 bits per heavy atom. The Morgan fingerprint density at radius 2 is 1.51 bits per heavy atom. The van der Waals surface area contributed by atoms with Crippen LogP contribution in [0.4, 0.5) is 5.69 Å². The summed E-state index contributed by atoms with van der Waals surface area (Å²) in [5, 5.41) is 0.692. The first-order valence-electron chi connectivity index (χ1n) is 12.0. The third kappa shape index (κ3) is 2.81. The lowest BCUT2D eigenvalue weighted by atomic mass is 9.62. The van der Waals surface area contributed by atoms with Crippen LogP contribution in [0.25, 0.3) is 5.57 Å². The molecule has 172 valence electrons. The summed E-state index contributed by atoms with van der Waals surface area (Å²) in [6.07, 6.45) is 9.20. The smallest absolute Gasteiger partial charge is 0.172 e. The SMILES string of the molecule is CC1=C(c2ccccc2)[C@@]2(c3ccccc3)N(c3ccc(Cl)cc3)C3=C(C=CC=CC3)[C@@]2(C)C1=O. The van der Waals surface area contributed by atoms with Gasteiger partial charge in [-0.2, -0.15) is 0 Å². The Bertz CT molecular complexity index is 1450. The fourth-order valence-corrected chi connectivity index (χ4v) is 6.65. The van der Waals surface area contributed by atoms with Gasteiger partial charge in [0.2, 0.25) is 0 Å². The minimum atomic E-state index is -0.804. The van der Waals surface area contributed by atoms with Gasteiger partial charge >= 0.3 is 0 Å². The predicted octanol–water partition coefficient (Wildman–Crippen LogP) is 7.89. The van der Waals surface area contributed by atoms with Crippen LogP contribution in [0.15, 0.2) is 126 Å². The number of hydrogen-bond donors (Lipinski definition) is 0. The van der Waals surface area contributed by atoms with Gasteiger partial charge in [0.1, 0.15) is 5.54 Å². The molecule has 2 atom stereocenters. The maximum absolute atomic E-state index is 14.5. The molecule has 0 bridgehead atoms. The second-order valence-electron chi connectivity index (χ2n) is 9.56. The summed E-state index contributed by atoms with van der Waals surface area (Å²) >= 11 is 6.33. The van der Waals surface area contributed by atoms with Crippen LogP contribution in [0.5, 0.6) is 0 Å². The summed E-state index contributed by atoms with van der Waals surface area (Å²) in [4.78, 5) is 16.9. The molecular formula is C32H26ClNO. The summed E-state index contributed by atoms with van der Waals surface area (Å²) in [6, 6.07) is 28.9. The van der Waals surface area contributed by atoms with Crippen molar-refractivity contribution in [2.24, 2.45) is 5.41 Å². The quantitative estimate of drug-likeness (QED) is 0.384. The van der Waals surface area contributed by atoms with E-state index in [-0.39, 0.29) is 5.78 Å². The van der Waals surface area contributed by atoms with E-state index >= 15 is 0 Å². The minimum absolute atomic E-state index is 0.177. The van der Waals surface area contributed by atoms with Crippen molar-refractivity contribution in [2.45, 2.75) is 25.8 Å². The van der Waals surface area contributed by atoms with E-state index in [1.165, 1.54) is 0 Å². The van der Waals surface area contributed by atoms with Gasteiger partial charge in [0.15, 0.2) is 5.78 Å². The second-order valence-corrected chi connectivity index (χ2v) is 10.00. The number of fused-ring (bicyclic) bond motifs is 2. The number of allylic oxidation sites excluding steroid dienone is 5. The monoisotopic (exact) mass is 475 g/mol. The molecule has 0 saturated heterocycles. The molecular weight excluding hydrogens is 450 g/mol. The number of nitrogens with zero attached hydrogens (tertiary/aromatic N) is 1. The van der Waals surface area contributed by atoms with Crippen LogP contribution in [-0.4, -0.2) is 5.78 Å². The number of rotatable bonds is 3. The van der Waals surface area contributed by atoms with Crippen LogP contribution in [0.1, 0.15) is 31.4 Å². The summed E-state index contributed by atoms with van der Waals surface area (Å²) < 4.78 is 0. The average Bonchev–Trinajstić information content (AvgIpc) is 3.07. The molecule has 0 saturated carbocycles. The normalized spacial score (nSPS) is 25.2. The molecule has 0 fully saturated rings. The maximum atomic E-state index is 14.5. The van der Waals surface area contributed by atoms with Crippen molar-refractivity contribution in [3.05, 3.63) is 142 Å². The number of Topliss-reactive ketones (excluding diaryl/α,β-unsaturated/α-hetero) is 1. The molecule has 3 aromatic rings. The van der Waals surface area contributed by atoms with E-state index in [1.54, 1.807) is 0 Å². The molecule has 2 nitrogen and oxygen atoms in total. The molecule has 0 N–H and O–H groups in total. The molecule has 1 heterocycles. The second kappa shape index (κ2) is 7.96. The molecule has 6 rings (SSSR count). The van der Waals surface area contributed by atoms with Crippen LogP contribution >= 0.6 is 11.6 Å². The topological polar surface area (TPSA) is 20.3 Å². The highest BCUT2D eigenvalue weighted by Gasteiger charge is 2.70. The zero-order valence-electron chi connectivity index (χ0n) is 19.8. The average molecular weight is 476 g/mol. The van der Waals surface area contributed by atoms with E-state index < -0.39 is 11.0 Å². The van der Waals surface area contributed by atoms with Crippen molar-refractivity contribution < 1.29 is 4.79 Å². The van der Waals surface area contributed by atoms with Crippen molar-refractivity contribution in [1.29, 1.82) is 0 Å². The summed E-state index contributed by atoms with van der Waals surface area (Å²) in [7, 11) is 0. The third-order valence-corrected chi connectivity index (χ3v) is 8.12. The fourth-order valence-electron chi connectivity index (χ4n) is 6.52. The maximum Gasteiger partial charge on any atom is 0.172 e. The number of benzene rings is 3. The lowest BCUT2D eigenvalue weighted by molar-refractivity contribution is -0.122. The van der Waals surface area contributed by atoms with E-state index in [2.05, 4.69) is 96.8 Å². The Labute approximate surface area is 211 Å². The minimum Gasteiger partial charge on any atom is -0.329 e. The molecule has 0 unspecified atom stereocenters. The number of hydrogen-bond acceptors (Lipinski definition) is 2. The van der Waals surface area contributed by atoms with Crippen LogP contribution in [0.3, 0.4) is 0 Å². The van der Waals surface area contributed by atoms with Crippen molar-refractivity contribution in [3.63, 3.8) is 0 Å². The zero-order chi connectivity index (χ0) is 24.2. The Hall–Kier alpha value is -3.62. The first kappa shape index (κ1) is 21.9. The van der Waals surface area contributed by atoms with Gasteiger partial charge in [-0.3, -0.25) is 4.79 Å². The first-order chi connectivity index (χ1) is 17.0. The number of carbonyl (C=O) groups is 1. The standard InChI is InChI=1S/C32H26ClNO/c1-22-29(23-12-6-3-7-13-23)32(24-14-8-4-9-15-24)31(2,30(22)35)27-16-10-5-11-17-28(27)34(32)26-20-18-25(33)19-21-26/h3-16,18-21H,17H2,1-2H3/t31-,32+/m0/s1. The van der Waals surface area contributed by atoms with Crippen molar-refractivity contribution in [3.8, 4) is 0 Å². The largest absolute Gasteiger partial charge is 0.329 e. The highest BCUT2D eigenvalue weighted by atomic mass is 35.5. The van der Waals surface area contributed by atoms with E-state index in [1.807, 2.05) is 31.2 Å². The molecule has 2 aliphatic carbocycles. The predicted molar refractivity (Wildman–Crippen MR) is 144 cm³/mol. The molecule has 35 heavy (non-hydrogen) atoms. The third-order valence-electron chi connectivity index (χ3n) is 7.87. The molecule has 3 aromatic carbocycles. The molecule has 0 aromatic heterocycles.